The number of sulfone groups is 1. The van der Waals surface area contributed by atoms with E-state index >= 15 is 0 Å². The molecular weight excluding hydrogens is 405 g/mol. The van der Waals surface area contributed by atoms with Crippen LogP contribution in [0.3, 0.4) is 0 Å². The highest BCUT2D eigenvalue weighted by Crippen LogP contribution is 2.63. The molecule has 0 amide bonds. The van der Waals surface area contributed by atoms with Gasteiger partial charge in [-0.25, -0.2) is 8.42 Å². The van der Waals surface area contributed by atoms with Crippen LogP contribution in [0.4, 0.5) is 0 Å². The molecule has 1 atom stereocenters. The average molecular weight is 435 g/mol. The molecule has 1 aromatic carbocycles. The second-order valence-electron chi connectivity index (χ2n) is 6.41. The van der Waals surface area contributed by atoms with Gasteiger partial charge in [0.25, 0.3) is 0 Å². The maximum Gasteiger partial charge on any atom is 0.406 e. The van der Waals surface area contributed by atoms with E-state index in [4.69, 9.17) is 9.05 Å². The Kier molecular flexibility index (Phi) is 9.77. The molecular formula is C18H30NO7PS. The average Bonchev–Trinajstić information content (AvgIpc) is 2.65. The van der Waals surface area contributed by atoms with Gasteiger partial charge in [-0.05, 0) is 32.4 Å². The van der Waals surface area contributed by atoms with Crippen LogP contribution in [-0.2, 0) is 23.4 Å². The van der Waals surface area contributed by atoms with E-state index in [0.717, 1.165) is 6.42 Å². The van der Waals surface area contributed by atoms with Crippen molar-refractivity contribution in [3.05, 3.63) is 40.4 Å². The predicted octanol–water partition coefficient (Wildman–Crippen LogP) is 4.67. The fourth-order valence-corrected chi connectivity index (χ4v) is 6.82. The van der Waals surface area contributed by atoms with Crippen molar-refractivity contribution in [3.63, 3.8) is 0 Å². The van der Waals surface area contributed by atoms with Crippen molar-refractivity contribution in [1.82, 2.24) is 0 Å². The summed E-state index contributed by atoms with van der Waals surface area (Å²) >= 11 is 0. The van der Waals surface area contributed by atoms with Crippen LogP contribution in [0.1, 0.15) is 52.9 Å². The highest BCUT2D eigenvalue weighted by Gasteiger charge is 2.61. The van der Waals surface area contributed by atoms with E-state index in [0.29, 0.717) is 12.8 Å². The Morgan fingerprint density at radius 1 is 1.04 bits per heavy atom. The maximum absolute atomic E-state index is 13.4. The third-order valence-electron chi connectivity index (χ3n) is 4.50. The summed E-state index contributed by atoms with van der Waals surface area (Å²) in [4.78, 5) is 11.6. The van der Waals surface area contributed by atoms with E-state index in [1.807, 2.05) is 6.92 Å². The van der Waals surface area contributed by atoms with Gasteiger partial charge in [-0.15, -0.1) is 0 Å². The fourth-order valence-electron chi connectivity index (χ4n) is 3.00. The lowest BCUT2D eigenvalue weighted by molar-refractivity contribution is -0.546. The van der Waals surface area contributed by atoms with Gasteiger partial charge in [-0.2, -0.15) is 0 Å². The van der Waals surface area contributed by atoms with Crippen LogP contribution in [0.15, 0.2) is 35.2 Å². The van der Waals surface area contributed by atoms with Crippen molar-refractivity contribution in [2.75, 3.05) is 19.0 Å². The summed E-state index contributed by atoms with van der Waals surface area (Å²) in [6, 6.07) is 7.72. The van der Waals surface area contributed by atoms with Crippen LogP contribution in [0.25, 0.3) is 0 Å². The molecule has 0 heterocycles. The number of nitrogens with zero attached hydrogens (tertiary/aromatic N) is 1. The predicted molar refractivity (Wildman–Crippen MR) is 108 cm³/mol. The standard InChI is InChI=1S/C18H30NO7PS/c1-4-7-11-14-18(19(20)21,27(22,25-5-2)26-6-3)15-16-28(23,24)17-12-9-8-10-13-17/h8-10,12-13H,4-7,11,14-16H2,1-3H3/t18-/m1/s1. The first-order valence-corrected chi connectivity index (χ1v) is 12.7. The van der Waals surface area contributed by atoms with E-state index < -0.39 is 39.8 Å². The molecule has 28 heavy (non-hydrogen) atoms. The third-order valence-corrected chi connectivity index (χ3v) is 9.06. The third kappa shape index (κ3) is 5.86. The Labute approximate surface area is 167 Å². The molecule has 0 fully saturated rings. The molecule has 0 saturated carbocycles. The zero-order chi connectivity index (χ0) is 21.3. The van der Waals surface area contributed by atoms with Crippen molar-refractivity contribution in [2.45, 2.75) is 63.1 Å². The number of hydrogen-bond donors (Lipinski definition) is 0. The Hall–Kier alpha value is -1.28. The summed E-state index contributed by atoms with van der Waals surface area (Å²) in [5.74, 6) is -0.520. The van der Waals surface area contributed by atoms with Gasteiger partial charge in [0.05, 0.1) is 23.9 Å². The smallest absolute Gasteiger partial charge is 0.304 e. The molecule has 0 spiro atoms. The van der Waals surface area contributed by atoms with E-state index in [2.05, 4.69) is 0 Å². The molecule has 0 aromatic heterocycles. The summed E-state index contributed by atoms with van der Waals surface area (Å²) < 4.78 is 49.4. The van der Waals surface area contributed by atoms with Crippen LogP contribution in [-0.4, -0.2) is 37.6 Å². The number of unbranched alkanes of at least 4 members (excludes halogenated alkanes) is 2. The largest absolute Gasteiger partial charge is 0.406 e. The minimum Gasteiger partial charge on any atom is -0.304 e. The number of benzene rings is 1. The van der Waals surface area contributed by atoms with Gasteiger partial charge in [0, 0.05) is 17.8 Å². The molecule has 0 aliphatic heterocycles. The molecule has 1 rings (SSSR count). The summed E-state index contributed by atoms with van der Waals surface area (Å²) in [5.41, 5.74) is 0. The summed E-state index contributed by atoms with van der Waals surface area (Å²) in [6.45, 7) is 5.02. The van der Waals surface area contributed by atoms with Crippen LogP contribution in [0, 0.1) is 10.1 Å². The molecule has 0 unspecified atom stereocenters. The second kappa shape index (κ2) is 11.0. The molecule has 0 saturated heterocycles. The highest BCUT2D eigenvalue weighted by molar-refractivity contribution is 7.91. The van der Waals surface area contributed by atoms with E-state index in [1.54, 1.807) is 32.0 Å². The lowest BCUT2D eigenvalue weighted by Gasteiger charge is -2.31. The summed E-state index contributed by atoms with van der Waals surface area (Å²) in [6.07, 6.45) is 1.41. The molecule has 8 nitrogen and oxygen atoms in total. The second-order valence-corrected chi connectivity index (χ2v) is 10.9. The SMILES string of the molecule is CCCCC[C@@](CCS(=O)(=O)c1ccccc1)([N+](=O)[O-])P(=O)(OCC)OCC. The Balaban J connectivity index is 3.32. The van der Waals surface area contributed by atoms with Crippen LogP contribution < -0.4 is 0 Å². The van der Waals surface area contributed by atoms with Gasteiger partial charge in [-0.1, -0.05) is 38.0 Å². The highest BCUT2D eigenvalue weighted by atomic mass is 32.2. The first-order chi connectivity index (χ1) is 13.2. The van der Waals surface area contributed by atoms with Crippen LogP contribution >= 0.6 is 7.60 Å². The van der Waals surface area contributed by atoms with Crippen molar-refractivity contribution >= 4 is 17.4 Å². The molecule has 0 radical (unpaired) electrons. The van der Waals surface area contributed by atoms with Crippen molar-refractivity contribution in [3.8, 4) is 0 Å². The lowest BCUT2D eigenvalue weighted by Crippen LogP contribution is -2.41. The Morgan fingerprint density at radius 3 is 2.07 bits per heavy atom. The number of rotatable bonds is 14. The maximum atomic E-state index is 13.4. The van der Waals surface area contributed by atoms with E-state index in [-0.39, 0.29) is 24.5 Å². The topological polar surface area (TPSA) is 113 Å². The fraction of sp³-hybridized carbons (Fsp3) is 0.667. The zero-order valence-corrected chi connectivity index (χ0v) is 18.4. The molecule has 0 aliphatic carbocycles. The van der Waals surface area contributed by atoms with Crippen LogP contribution in [0.2, 0.25) is 0 Å². The molecule has 10 heteroatoms. The summed E-state index contributed by atoms with van der Waals surface area (Å²) in [7, 11) is -7.98. The van der Waals surface area contributed by atoms with Gasteiger partial charge in [0.15, 0.2) is 9.84 Å². The first kappa shape index (κ1) is 24.8. The van der Waals surface area contributed by atoms with Gasteiger partial charge in [-0.3, -0.25) is 14.7 Å². The Bertz CT molecular complexity index is 759. The van der Waals surface area contributed by atoms with Gasteiger partial charge < -0.3 is 9.05 Å². The van der Waals surface area contributed by atoms with Gasteiger partial charge in [0.2, 0.25) is 0 Å². The normalized spacial score (nSPS) is 14.5. The van der Waals surface area contributed by atoms with Crippen molar-refractivity contribution in [1.29, 1.82) is 0 Å². The first-order valence-electron chi connectivity index (χ1n) is 9.50. The number of nitro groups is 1. The summed E-state index contributed by atoms with van der Waals surface area (Å²) in [5, 5.41) is 10.0. The van der Waals surface area contributed by atoms with Gasteiger partial charge in [0.1, 0.15) is 0 Å². The minimum absolute atomic E-state index is 0.0356. The van der Waals surface area contributed by atoms with E-state index in [1.165, 1.54) is 12.1 Å². The molecule has 0 bridgehead atoms. The Morgan fingerprint density at radius 2 is 1.61 bits per heavy atom. The molecule has 0 aliphatic rings. The zero-order valence-electron chi connectivity index (χ0n) is 16.7. The monoisotopic (exact) mass is 435 g/mol. The van der Waals surface area contributed by atoms with E-state index in [9.17, 15) is 23.1 Å². The number of hydrogen-bond acceptors (Lipinski definition) is 7. The van der Waals surface area contributed by atoms with Crippen LogP contribution in [0.5, 0.6) is 0 Å². The quantitative estimate of drug-likeness (QED) is 0.181. The van der Waals surface area contributed by atoms with Crippen molar-refractivity contribution in [2.24, 2.45) is 0 Å². The lowest BCUT2D eigenvalue weighted by atomic mass is 10.1. The van der Waals surface area contributed by atoms with Gasteiger partial charge >= 0.3 is 12.9 Å². The minimum atomic E-state index is -4.20. The molecule has 1 aromatic rings. The molecule has 0 N–H and O–H groups in total. The molecule has 160 valence electrons. The van der Waals surface area contributed by atoms with Crippen molar-refractivity contribution < 1.29 is 27.0 Å².